The maximum atomic E-state index is 12.1. The first-order chi connectivity index (χ1) is 9.71. The minimum atomic E-state index is -0.201. The van der Waals surface area contributed by atoms with Gasteiger partial charge in [0.25, 0.3) is 0 Å². The van der Waals surface area contributed by atoms with Crippen molar-refractivity contribution in [2.24, 2.45) is 5.92 Å². The number of amides is 1. The van der Waals surface area contributed by atoms with E-state index in [9.17, 15) is 4.79 Å². The lowest BCUT2D eigenvalue weighted by Crippen LogP contribution is -2.22. The largest absolute Gasteiger partial charge is 0.384 e. The van der Waals surface area contributed by atoms with Gasteiger partial charge < -0.3 is 10.4 Å². The van der Waals surface area contributed by atoms with E-state index in [2.05, 4.69) is 29.1 Å². The molecule has 0 radical (unpaired) electrons. The van der Waals surface area contributed by atoms with Gasteiger partial charge in [0.05, 0.1) is 0 Å². The van der Waals surface area contributed by atoms with Gasteiger partial charge in [0.1, 0.15) is 18.1 Å². The molecule has 0 aliphatic rings. The number of aliphatic hydroxyl groups excluding tert-OH is 1. The monoisotopic (exact) mass is 274 g/mol. The fourth-order valence-electron chi connectivity index (χ4n) is 1.90. The first kappa shape index (κ1) is 16.2. The number of anilines is 1. The number of pyridine rings is 1. The molecule has 0 aliphatic heterocycles. The zero-order chi connectivity index (χ0) is 14.8. The Morgan fingerprint density at radius 3 is 2.90 bits per heavy atom. The molecule has 0 spiro atoms. The normalized spacial score (nSPS) is 11.3. The predicted molar refractivity (Wildman–Crippen MR) is 80.1 cm³/mol. The van der Waals surface area contributed by atoms with Gasteiger partial charge in [-0.3, -0.25) is 4.79 Å². The van der Waals surface area contributed by atoms with Gasteiger partial charge in [-0.25, -0.2) is 4.98 Å². The molecule has 0 fully saturated rings. The molecule has 1 aromatic heterocycles. The van der Waals surface area contributed by atoms with Gasteiger partial charge in [-0.2, -0.15) is 0 Å². The van der Waals surface area contributed by atoms with Crippen LogP contribution >= 0.6 is 0 Å². The fraction of sp³-hybridized carbons (Fsp3) is 0.500. The van der Waals surface area contributed by atoms with Gasteiger partial charge in [-0.15, -0.1) is 0 Å². The molecule has 0 saturated carbocycles. The van der Waals surface area contributed by atoms with Gasteiger partial charge in [-0.1, -0.05) is 38.7 Å². The summed E-state index contributed by atoms with van der Waals surface area (Å²) in [6.07, 6.45) is 3.88. The molecule has 1 rings (SSSR count). The number of nitrogens with zero attached hydrogens (tertiary/aromatic N) is 1. The zero-order valence-corrected chi connectivity index (χ0v) is 12.1. The highest BCUT2D eigenvalue weighted by molar-refractivity contribution is 5.91. The lowest BCUT2D eigenvalue weighted by molar-refractivity contribution is -0.120. The van der Waals surface area contributed by atoms with Gasteiger partial charge >= 0.3 is 0 Å². The SMILES string of the molecule is CCCCC(CC)C(=O)Nc1cccc(C#CCO)n1. The van der Waals surface area contributed by atoms with Gasteiger partial charge in [0.2, 0.25) is 5.91 Å². The molecule has 0 aliphatic carbocycles. The van der Waals surface area contributed by atoms with Crippen LogP contribution in [0.15, 0.2) is 18.2 Å². The second kappa shape index (κ2) is 9.11. The predicted octanol–water partition coefficient (Wildman–Crippen LogP) is 2.58. The third kappa shape index (κ3) is 5.41. The molecular weight excluding hydrogens is 252 g/mol. The van der Waals surface area contributed by atoms with Crippen LogP contribution in [-0.4, -0.2) is 22.6 Å². The van der Waals surface area contributed by atoms with E-state index in [1.165, 1.54) is 0 Å². The van der Waals surface area contributed by atoms with E-state index in [-0.39, 0.29) is 18.4 Å². The number of carbonyl (C=O) groups excluding carboxylic acids is 1. The summed E-state index contributed by atoms with van der Waals surface area (Å²) in [6, 6.07) is 5.28. The molecule has 4 heteroatoms. The average Bonchev–Trinajstić information content (AvgIpc) is 2.46. The molecule has 2 N–H and O–H groups in total. The summed E-state index contributed by atoms with van der Waals surface area (Å²) in [7, 11) is 0. The lowest BCUT2D eigenvalue weighted by atomic mass is 9.98. The van der Waals surface area contributed by atoms with E-state index in [0.717, 1.165) is 25.7 Å². The Morgan fingerprint density at radius 2 is 2.25 bits per heavy atom. The molecular formula is C16H22N2O2. The van der Waals surface area contributed by atoms with Crippen molar-refractivity contribution in [1.82, 2.24) is 4.98 Å². The summed E-state index contributed by atoms with van der Waals surface area (Å²) in [5.41, 5.74) is 0.540. The highest BCUT2D eigenvalue weighted by Gasteiger charge is 2.16. The Bertz CT molecular complexity index is 489. The number of unbranched alkanes of at least 4 members (excludes halogenated alkanes) is 1. The van der Waals surface area contributed by atoms with Crippen molar-refractivity contribution < 1.29 is 9.90 Å². The summed E-state index contributed by atoms with van der Waals surface area (Å²) in [5, 5.41) is 11.5. The van der Waals surface area contributed by atoms with Crippen LogP contribution in [-0.2, 0) is 4.79 Å². The van der Waals surface area contributed by atoms with Crippen LogP contribution in [0.3, 0.4) is 0 Å². The van der Waals surface area contributed by atoms with Crippen molar-refractivity contribution in [1.29, 1.82) is 0 Å². The Hall–Kier alpha value is -1.86. The van der Waals surface area contributed by atoms with Gasteiger partial charge in [0, 0.05) is 5.92 Å². The quantitative estimate of drug-likeness (QED) is 0.784. The molecule has 0 bridgehead atoms. The molecule has 0 saturated heterocycles. The van der Waals surface area contributed by atoms with Crippen molar-refractivity contribution in [2.75, 3.05) is 11.9 Å². The van der Waals surface area contributed by atoms with Crippen LogP contribution in [0.1, 0.15) is 45.2 Å². The summed E-state index contributed by atoms with van der Waals surface area (Å²) >= 11 is 0. The Morgan fingerprint density at radius 1 is 1.45 bits per heavy atom. The minimum Gasteiger partial charge on any atom is -0.384 e. The second-order valence-corrected chi connectivity index (χ2v) is 4.60. The van der Waals surface area contributed by atoms with E-state index in [4.69, 9.17) is 5.11 Å². The topological polar surface area (TPSA) is 62.2 Å². The van der Waals surface area contributed by atoms with Crippen LogP contribution in [0.25, 0.3) is 0 Å². The number of rotatable bonds is 6. The Kier molecular flexibility index (Phi) is 7.38. The van der Waals surface area contributed by atoms with Crippen LogP contribution in [0.5, 0.6) is 0 Å². The minimum absolute atomic E-state index is 0.0146. The number of aliphatic hydroxyl groups is 1. The molecule has 108 valence electrons. The number of nitrogens with one attached hydrogen (secondary N) is 1. The molecule has 1 heterocycles. The lowest BCUT2D eigenvalue weighted by Gasteiger charge is -2.14. The highest BCUT2D eigenvalue weighted by Crippen LogP contribution is 2.15. The molecule has 1 atom stereocenters. The van der Waals surface area contributed by atoms with Gasteiger partial charge in [0.15, 0.2) is 0 Å². The van der Waals surface area contributed by atoms with Crippen molar-refractivity contribution in [3.8, 4) is 11.8 Å². The van der Waals surface area contributed by atoms with Crippen LogP contribution < -0.4 is 5.32 Å². The van der Waals surface area contributed by atoms with E-state index in [1.807, 2.05) is 6.92 Å². The number of hydrogen-bond donors (Lipinski definition) is 2. The maximum Gasteiger partial charge on any atom is 0.228 e. The van der Waals surface area contributed by atoms with E-state index in [0.29, 0.717) is 11.5 Å². The van der Waals surface area contributed by atoms with Gasteiger partial charge in [-0.05, 0) is 30.9 Å². The molecule has 4 nitrogen and oxygen atoms in total. The van der Waals surface area contributed by atoms with Crippen molar-refractivity contribution >= 4 is 11.7 Å². The van der Waals surface area contributed by atoms with Crippen LogP contribution in [0, 0.1) is 17.8 Å². The summed E-state index contributed by atoms with van der Waals surface area (Å²) in [6.45, 7) is 3.94. The number of carbonyl (C=O) groups is 1. The first-order valence-corrected chi connectivity index (χ1v) is 7.08. The van der Waals surface area contributed by atoms with Crippen molar-refractivity contribution in [2.45, 2.75) is 39.5 Å². The second-order valence-electron chi connectivity index (χ2n) is 4.60. The molecule has 1 amide bonds. The molecule has 0 aromatic carbocycles. The summed E-state index contributed by atoms with van der Waals surface area (Å²) in [4.78, 5) is 16.4. The first-order valence-electron chi connectivity index (χ1n) is 7.08. The van der Waals surface area contributed by atoms with Crippen LogP contribution in [0.2, 0.25) is 0 Å². The van der Waals surface area contributed by atoms with E-state index < -0.39 is 0 Å². The third-order valence-electron chi connectivity index (χ3n) is 3.07. The van der Waals surface area contributed by atoms with E-state index >= 15 is 0 Å². The standard InChI is InChI=1S/C16H22N2O2/c1-3-5-8-13(4-2)16(20)18-15-11-6-9-14(17-15)10-7-12-19/h6,9,11,13,19H,3-5,8,12H2,1-2H3,(H,17,18,20). The summed E-state index contributed by atoms with van der Waals surface area (Å²) in [5.74, 6) is 5.82. The van der Waals surface area contributed by atoms with Crippen LogP contribution in [0.4, 0.5) is 5.82 Å². The Labute approximate surface area is 120 Å². The van der Waals surface area contributed by atoms with Crippen molar-refractivity contribution in [3.63, 3.8) is 0 Å². The maximum absolute atomic E-state index is 12.1. The molecule has 1 aromatic rings. The smallest absolute Gasteiger partial charge is 0.228 e. The molecule has 1 unspecified atom stereocenters. The summed E-state index contributed by atoms with van der Waals surface area (Å²) < 4.78 is 0. The highest BCUT2D eigenvalue weighted by atomic mass is 16.2. The zero-order valence-electron chi connectivity index (χ0n) is 12.1. The van der Waals surface area contributed by atoms with E-state index in [1.54, 1.807) is 18.2 Å². The third-order valence-corrected chi connectivity index (χ3v) is 3.07. The number of hydrogen-bond acceptors (Lipinski definition) is 3. The fourth-order valence-corrected chi connectivity index (χ4v) is 1.90. The average molecular weight is 274 g/mol. The Balaban J connectivity index is 2.69. The number of aromatic nitrogens is 1. The molecule has 20 heavy (non-hydrogen) atoms. The van der Waals surface area contributed by atoms with Crippen molar-refractivity contribution in [3.05, 3.63) is 23.9 Å².